The summed E-state index contributed by atoms with van der Waals surface area (Å²) in [6.45, 7) is 0.154. The van der Waals surface area contributed by atoms with Gasteiger partial charge in [-0.2, -0.15) is 0 Å². The lowest BCUT2D eigenvalue weighted by Crippen LogP contribution is -2.36. The van der Waals surface area contributed by atoms with Crippen LogP contribution in [0.4, 0.5) is 5.69 Å². The quantitative estimate of drug-likeness (QED) is 0.632. The number of carbonyl (C=O) groups excluding carboxylic acids is 1. The number of carbonyl (C=O) groups is 1. The molecule has 1 atom stereocenters. The van der Waals surface area contributed by atoms with E-state index >= 15 is 0 Å². The van der Waals surface area contributed by atoms with Crippen molar-refractivity contribution in [3.63, 3.8) is 0 Å². The molecule has 0 heterocycles. The minimum atomic E-state index is -0.823. The average molecular weight is 303 g/mol. The first-order valence-electron chi connectivity index (χ1n) is 5.73. The number of methoxy groups -OCH3 is 1. The van der Waals surface area contributed by atoms with Crippen molar-refractivity contribution < 1.29 is 19.6 Å². The van der Waals surface area contributed by atoms with Crippen molar-refractivity contribution in [1.82, 2.24) is 4.90 Å². The summed E-state index contributed by atoms with van der Waals surface area (Å²) in [7, 11) is 2.93. The maximum atomic E-state index is 12.1. The van der Waals surface area contributed by atoms with E-state index in [9.17, 15) is 20.0 Å². The SMILES string of the molecule is COCC(O)CN(C)C(=O)c1ccc(Cl)c([N+](=O)[O-])c1. The molecule has 8 heteroatoms. The topological polar surface area (TPSA) is 92.9 Å². The van der Waals surface area contributed by atoms with Gasteiger partial charge < -0.3 is 14.7 Å². The number of nitrogens with zero attached hydrogens (tertiary/aromatic N) is 2. The highest BCUT2D eigenvalue weighted by atomic mass is 35.5. The number of rotatable bonds is 6. The van der Waals surface area contributed by atoms with Crippen LogP contribution in [0.25, 0.3) is 0 Å². The van der Waals surface area contributed by atoms with Crippen LogP contribution in [0.5, 0.6) is 0 Å². The van der Waals surface area contributed by atoms with Crippen molar-refractivity contribution in [1.29, 1.82) is 0 Å². The number of ether oxygens (including phenoxy) is 1. The largest absolute Gasteiger partial charge is 0.389 e. The summed E-state index contributed by atoms with van der Waals surface area (Å²) in [5.74, 6) is -0.445. The molecule has 1 aromatic rings. The van der Waals surface area contributed by atoms with Crippen LogP contribution >= 0.6 is 11.6 Å². The molecule has 1 aromatic carbocycles. The number of aliphatic hydroxyl groups is 1. The number of likely N-dealkylation sites (N-methyl/N-ethyl adjacent to an activating group) is 1. The van der Waals surface area contributed by atoms with E-state index in [-0.39, 0.29) is 29.4 Å². The molecular formula is C12H15ClN2O5. The predicted octanol–water partition coefficient (Wildman–Crippen LogP) is 1.33. The van der Waals surface area contributed by atoms with Crippen molar-refractivity contribution in [3.8, 4) is 0 Å². The van der Waals surface area contributed by atoms with Crippen molar-refractivity contribution >= 4 is 23.2 Å². The Morgan fingerprint density at radius 1 is 1.60 bits per heavy atom. The van der Waals surface area contributed by atoms with E-state index in [4.69, 9.17) is 16.3 Å². The summed E-state index contributed by atoms with van der Waals surface area (Å²) >= 11 is 5.68. The van der Waals surface area contributed by atoms with Crippen molar-refractivity contribution in [2.24, 2.45) is 0 Å². The smallest absolute Gasteiger partial charge is 0.288 e. The van der Waals surface area contributed by atoms with Crippen LogP contribution in [0, 0.1) is 10.1 Å². The summed E-state index contributed by atoms with van der Waals surface area (Å²) in [6, 6.07) is 3.81. The molecule has 0 aliphatic heterocycles. The van der Waals surface area contributed by atoms with E-state index in [0.717, 1.165) is 6.07 Å². The minimum absolute atomic E-state index is 0.0337. The van der Waals surface area contributed by atoms with Gasteiger partial charge in [-0.15, -0.1) is 0 Å². The standard InChI is InChI=1S/C12H15ClN2O5/c1-14(6-9(16)7-20-2)12(17)8-3-4-10(13)11(5-8)15(18)19/h3-5,9,16H,6-7H2,1-2H3. The summed E-state index contributed by atoms with van der Waals surface area (Å²) in [4.78, 5) is 23.5. The third-order valence-electron chi connectivity index (χ3n) is 2.58. The van der Waals surface area contributed by atoms with Crippen LogP contribution < -0.4 is 0 Å². The summed E-state index contributed by atoms with van der Waals surface area (Å²) in [6.07, 6.45) is -0.823. The molecule has 0 aliphatic carbocycles. The molecule has 0 aliphatic rings. The molecule has 0 spiro atoms. The number of benzene rings is 1. The maximum Gasteiger partial charge on any atom is 0.288 e. The number of hydrogen-bond acceptors (Lipinski definition) is 5. The van der Waals surface area contributed by atoms with Crippen molar-refractivity contribution in [2.75, 3.05) is 27.3 Å². The number of halogens is 1. The van der Waals surface area contributed by atoms with Crippen molar-refractivity contribution in [2.45, 2.75) is 6.10 Å². The van der Waals surface area contributed by atoms with Crippen LogP contribution in [-0.2, 0) is 4.74 Å². The fourth-order valence-electron chi connectivity index (χ4n) is 1.65. The number of nitro groups is 1. The van der Waals surface area contributed by atoms with E-state index in [1.54, 1.807) is 0 Å². The van der Waals surface area contributed by atoms with Gasteiger partial charge in [-0.25, -0.2) is 0 Å². The van der Waals surface area contributed by atoms with Crippen LogP contribution in [-0.4, -0.2) is 54.3 Å². The Labute approximate surface area is 120 Å². The molecule has 110 valence electrons. The summed E-state index contributed by atoms with van der Waals surface area (Å²) < 4.78 is 4.76. The Balaban J connectivity index is 2.86. The van der Waals surface area contributed by atoms with Gasteiger partial charge in [0, 0.05) is 32.3 Å². The van der Waals surface area contributed by atoms with E-state index in [1.807, 2.05) is 0 Å². The summed E-state index contributed by atoms with van der Waals surface area (Å²) in [5.41, 5.74) is -0.198. The third-order valence-corrected chi connectivity index (χ3v) is 2.90. The molecular weight excluding hydrogens is 288 g/mol. The van der Waals surface area contributed by atoms with Crippen LogP contribution in [0.15, 0.2) is 18.2 Å². The molecule has 0 saturated heterocycles. The zero-order chi connectivity index (χ0) is 15.3. The molecule has 1 N–H and O–H groups in total. The molecule has 0 radical (unpaired) electrons. The lowest BCUT2D eigenvalue weighted by Gasteiger charge is -2.20. The second-order valence-electron chi connectivity index (χ2n) is 4.22. The maximum absolute atomic E-state index is 12.1. The predicted molar refractivity (Wildman–Crippen MR) is 72.9 cm³/mol. The highest BCUT2D eigenvalue weighted by molar-refractivity contribution is 6.32. The van der Waals surface area contributed by atoms with E-state index in [1.165, 1.54) is 31.2 Å². The van der Waals surface area contributed by atoms with Gasteiger partial charge in [0.1, 0.15) is 5.02 Å². The zero-order valence-electron chi connectivity index (χ0n) is 11.1. The van der Waals surface area contributed by atoms with Crippen LogP contribution in [0.3, 0.4) is 0 Å². The molecule has 0 saturated carbocycles. The second-order valence-corrected chi connectivity index (χ2v) is 4.63. The second kappa shape index (κ2) is 7.18. The highest BCUT2D eigenvalue weighted by Gasteiger charge is 2.20. The normalized spacial score (nSPS) is 12.0. The molecule has 0 fully saturated rings. The molecule has 0 bridgehead atoms. The number of nitro benzene ring substituents is 1. The van der Waals surface area contributed by atoms with E-state index < -0.39 is 16.9 Å². The van der Waals surface area contributed by atoms with Gasteiger partial charge >= 0.3 is 0 Å². The minimum Gasteiger partial charge on any atom is -0.389 e. The zero-order valence-corrected chi connectivity index (χ0v) is 11.8. The first-order chi connectivity index (χ1) is 9.36. The monoisotopic (exact) mass is 302 g/mol. The Hall–Kier alpha value is -1.70. The highest BCUT2D eigenvalue weighted by Crippen LogP contribution is 2.25. The number of aliphatic hydroxyl groups excluding tert-OH is 1. The molecule has 7 nitrogen and oxygen atoms in total. The fraction of sp³-hybridized carbons (Fsp3) is 0.417. The summed E-state index contributed by atoms with van der Waals surface area (Å²) in [5, 5.41) is 20.3. The van der Waals surface area contributed by atoms with E-state index in [2.05, 4.69) is 0 Å². The molecule has 20 heavy (non-hydrogen) atoms. The Kier molecular flexibility index (Phi) is 5.87. The number of hydrogen-bond donors (Lipinski definition) is 1. The van der Waals surface area contributed by atoms with Gasteiger partial charge in [-0.1, -0.05) is 11.6 Å². The van der Waals surface area contributed by atoms with E-state index in [0.29, 0.717) is 0 Å². The lowest BCUT2D eigenvalue weighted by atomic mass is 10.1. The van der Waals surface area contributed by atoms with Gasteiger partial charge in [0.05, 0.1) is 17.6 Å². The first kappa shape index (κ1) is 16.4. The molecule has 1 unspecified atom stereocenters. The van der Waals surface area contributed by atoms with Crippen LogP contribution in [0.1, 0.15) is 10.4 Å². The first-order valence-corrected chi connectivity index (χ1v) is 6.11. The lowest BCUT2D eigenvalue weighted by molar-refractivity contribution is -0.384. The fourth-order valence-corrected chi connectivity index (χ4v) is 1.84. The van der Waals surface area contributed by atoms with Crippen LogP contribution in [0.2, 0.25) is 5.02 Å². The van der Waals surface area contributed by atoms with Gasteiger partial charge in [-0.05, 0) is 12.1 Å². The Morgan fingerprint density at radius 2 is 2.25 bits per heavy atom. The number of amides is 1. The third kappa shape index (κ3) is 4.16. The van der Waals surface area contributed by atoms with Crippen molar-refractivity contribution in [3.05, 3.63) is 38.9 Å². The van der Waals surface area contributed by atoms with Gasteiger partial charge in [0.2, 0.25) is 0 Å². The molecule has 1 rings (SSSR count). The van der Waals surface area contributed by atoms with Gasteiger partial charge in [-0.3, -0.25) is 14.9 Å². The van der Waals surface area contributed by atoms with Gasteiger partial charge in [0.15, 0.2) is 0 Å². The molecule has 0 aromatic heterocycles. The molecule has 1 amide bonds. The Bertz CT molecular complexity index is 509. The Morgan fingerprint density at radius 3 is 2.80 bits per heavy atom. The van der Waals surface area contributed by atoms with Gasteiger partial charge in [0.25, 0.3) is 11.6 Å². The average Bonchev–Trinajstić information content (AvgIpc) is 2.38.